The van der Waals surface area contributed by atoms with Crippen molar-refractivity contribution in [2.75, 3.05) is 13.1 Å². The van der Waals surface area contributed by atoms with Crippen molar-refractivity contribution in [2.24, 2.45) is 5.41 Å². The van der Waals surface area contributed by atoms with Crippen LogP contribution in [0.25, 0.3) is 0 Å². The van der Waals surface area contributed by atoms with Crippen molar-refractivity contribution in [1.82, 2.24) is 4.90 Å². The quantitative estimate of drug-likeness (QED) is 0.811. The first-order chi connectivity index (χ1) is 12.1. The first-order valence-electron chi connectivity index (χ1n) is 9.09. The van der Waals surface area contributed by atoms with Gasteiger partial charge in [-0.15, -0.1) is 0 Å². The third kappa shape index (κ3) is 4.01. The van der Waals surface area contributed by atoms with Gasteiger partial charge in [0.1, 0.15) is 5.75 Å². The molecule has 6 heteroatoms. The number of β-amino-alcohol motifs (C(OH)–C–C–N with tert-alkyl or cyclic N) is 1. The van der Waals surface area contributed by atoms with E-state index >= 15 is 0 Å². The minimum Gasteiger partial charge on any atom is -0.481 e. The van der Waals surface area contributed by atoms with Gasteiger partial charge in [0.25, 0.3) is 5.91 Å². The summed E-state index contributed by atoms with van der Waals surface area (Å²) in [7, 11) is 0. The van der Waals surface area contributed by atoms with Gasteiger partial charge in [-0.3, -0.25) is 9.59 Å². The van der Waals surface area contributed by atoms with Gasteiger partial charge in [-0.2, -0.15) is 0 Å². The third-order valence-electron chi connectivity index (χ3n) is 5.15. The molecule has 1 amide bonds. The van der Waals surface area contributed by atoms with Crippen molar-refractivity contribution in [2.45, 2.75) is 58.7 Å². The standard InChI is InChI=1S/C20H29NO5/c1-5-9-20(18(24)25)10-11-21(13-16(20)22)17(23)19(3,4)26-15-8-6-7-14(2)12-15/h6-8,12,16,22H,5,9-11,13H2,1-4H3,(H,24,25)/t16-,20-/m0/s1. The summed E-state index contributed by atoms with van der Waals surface area (Å²) < 4.78 is 5.89. The van der Waals surface area contributed by atoms with Crippen LogP contribution in [-0.2, 0) is 9.59 Å². The SMILES string of the molecule is CCC[C@]1(C(=O)O)CCN(C(=O)C(C)(C)Oc2cccc(C)c2)C[C@@H]1O. The molecule has 0 aliphatic carbocycles. The average molecular weight is 363 g/mol. The van der Waals surface area contributed by atoms with E-state index in [4.69, 9.17) is 4.74 Å². The second kappa shape index (κ2) is 7.66. The van der Waals surface area contributed by atoms with E-state index in [1.165, 1.54) is 4.90 Å². The Hall–Kier alpha value is -2.08. The van der Waals surface area contributed by atoms with Crippen LogP contribution in [0.4, 0.5) is 0 Å². The number of aliphatic carboxylic acids is 1. The number of likely N-dealkylation sites (tertiary alicyclic amines) is 1. The van der Waals surface area contributed by atoms with Gasteiger partial charge >= 0.3 is 5.97 Å². The summed E-state index contributed by atoms with van der Waals surface area (Å²) in [5.41, 5.74) is -1.25. The average Bonchev–Trinajstić information content (AvgIpc) is 2.55. The lowest BCUT2D eigenvalue weighted by atomic mass is 9.72. The minimum atomic E-state index is -1.17. The Balaban J connectivity index is 2.11. The lowest BCUT2D eigenvalue weighted by molar-refractivity contribution is -0.170. The van der Waals surface area contributed by atoms with Gasteiger partial charge in [0.15, 0.2) is 5.60 Å². The highest BCUT2D eigenvalue weighted by Gasteiger charge is 2.50. The fourth-order valence-corrected chi connectivity index (χ4v) is 3.65. The number of ether oxygens (including phenoxy) is 1. The molecular weight excluding hydrogens is 334 g/mol. The van der Waals surface area contributed by atoms with Crippen molar-refractivity contribution < 1.29 is 24.5 Å². The maximum absolute atomic E-state index is 12.9. The number of carboxylic acids is 1. The monoisotopic (exact) mass is 363 g/mol. The number of aryl methyl sites for hydroxylation is 1. The molecule has 2 rings (SSSR count). The van der Waals surface area contributed by atoms with Crippen molar-refractivity contribution in [1.29, 1.82) is 0 Å². The van der Waals surface area contributed by atoms with Gasteiger partial charge in [0.05, 0.1) is 11.5 Å². The number of carboxylic acid groups (broad SMARTS) is 1. The lowest BCUT2D eigenvalue weighted by Gasteiger charge is -2.44. The summed E-state index contributed by atoms with van der Waals surface area (Å²) in [6.45, 7) is 7.52. The van der Waals surface area contributed by atoms with Crippen LogP contribution in [0.3, 0.4) is 0 Å². The Bertz CT molecular complexity index is 672. The molecular formula is C20H29NO5. The van der Waals surface area contributed by atoms with Gasteiger partial charge < -0.3 is 19.8 Å². The molecule has 1 heterocycles. The number of amides is 1. The van der Waals surface area contributed by atoms with E-state index in [0.29, 0.717) is 25.1 Å². The van der Waals surface area contributed by atoms with Gasteiger partial charge in [-0.1, -0.05) is 25.5 Å². The first kappa shape index (κ1) is 20.2. The number of hydrogen-bond acceptors (Lipinski definition) is 4. The third-order valence-corrected chi connectivity index (χ3v) is 5.15. The molecule has 1 aromatic rings. The molecule has 1 aliphatic heterocycles. The van der Waals surface area contributed by atoms with E-state index in [2.05, 4.69) is 0 Å². The number of aliphatic hydroxyl groups is 1. The maximum atomic E-state index is 12.9. The Kier molecular flexibility index (Phi) is 5.96. The van der Waals surface area contributed by atoms with Crippen molar-refractivity contribution in [3.05, 3.63) is 29.8 Å². The minimum absolute atomic E-state index is 0.00570. The van der Waals surface area contributed by atoms with Gasteiger partial charge in [0.2, 0.25) is 0 Å². The van der Waals surface area contributed by atoms with Crippen LogP contribution in [0.2, 0.25) is 0 Å². The molecule has 1 aliphatic rings. The van der Waals surface area contributed by atoms with E-state index in [-0.39, 0.29) is 18.9 Å². The zero-order valence-electron chi connectivity index (χ0n) is 16.0. The normalized spacial score (nSPS) is 23.6. The molecule has 0 saturated carbocycles. The molecule has 144 valence electrons. The smallest absolute Gasteiger partial charge is 0.312 e. The maximum Gasteiger partial charge on any atom is 0.312 e. The molecule has 0 unspecified atom stereocenters. The summed E-state index contributed by atoms with van der Waals surface area (Å²) in [6.07, 6.45) is 0.213. The highest BCUT2D eigenvalue weighted by molar-refractivity contribution is 5.85. The molecule has 2 N–H and O–H groups in total. The Morgan fingerprint density at radius 2 is 2.08 bits per heavy atom. The predicted octanol–water partition coefficient (Wildman–Crippen LogP) is 2.62. The molecule has 0 aromatic heterocycles. The van der Waals surface area contributed by atoms with Crippen LogP contribution >= 0.6 is 0 Å². The van der Waals surface area contributed by atoms with Crippen molar-refractivity contribution in [3.63, 3.8) is 0 Å². The molecule has 2 atom stereocenters. The molecule has 1 saturated heterocycles. The second-order valence-electron chi connectivity index (χ2n) is 7.66. The van der Waals surface area contributed by atoms with Crippen LogP contribution in [0, 0.1) is 12.3 Å². The highest BCUT2D eigenvalue weighted by Crippen LogP contribution is 2.37. The number of benzene rings is 1. The summed E-state index contributed by atoms with van der Waals surface area (Å²) in [4.78, 5) is 26.2. The van der Waals surface area contributed by atoms with Crippen LogP contribution in [0.1, 0.15) is 45.6 Å². The molecule has 6 nitrogen and oxygen atoms in total. The van der Waals surface area contributed by atoms with E-state index in [1.54, 1.807) is 19.9 Å². The summed E-state index contributed by atoms with van der Waals surface area (Å²) in [5.74, 6) is -0.644. The van der Waals surface area contributed by atoms with Crippen LogP contribution in [-0.4, -0.2) is 51.8 Å². The number of carbonyl (C=O) groups is 2. The summed E-state index contributed by atoms with van der Waals surface area (Å²) in [6, 6.07) is 7.46. The number of rotatable bonds is 6. The van der Waals surface area contributed by atoms with E-state index < -0.39 is 23.1 Å². The molecule has 0 bridgehead atoms. The lowest BCUT2D eigenvalue weighted by Crippen LogP contribution is -2.59. The van der Waals surface area contributed by atoms with Crippen molar-refractivity contribution in [3.8, 4) is 5.75 Å². The van der Waals surface area contributed by atoms with Crippen molar-refractivity contribution >= 4 is 11.9 Å². The number of carbonyl (C=O) groups excluding carboxylic acids is 1. The number of hydrogen-bond donors (Lipinski definition) is 2. The number of piperidine rings is 1. The Morgan fingerprint density at radius 3 is 2.62 bits per heavy atom. The topological polar surface area (TPSA) is 87.1 Å². The fraction of sp³-hybridized carbons (Fsp3) is 0.600. The highest BCUT2D eigenvalue weighted by atomic mass is 16.5. The molecule has 26 heavy (non-hydrogen) atoms. The summed E-state index contributed by atoms with van der Waals surface area (Å²) in [5, 5.41) is 20.1. The molecule has 0 spiro atoms. The fourth-order valence-electron chi connectivity index (χ4n) is 3.65. The largest absolute Gasteiger partial charge is 0.481 e. The number of aliphatic hydroxyl groups excluding tert-OH is 1. The molecule has 0 radical (unpaired) electrons. The molecule has 1 aromatic carbocycles. The van der Waals surface area contributed by atoms with Crippen LogP contribution in [0.15, 0.2) is 24.3 Å². The summed E-state index contributed by atoms with van der Waals surface area (Å²) >= 11 is 0. The van der Waals surface area contributed by atoms with Crippen LogP contribution in [0.5, 0.6) is 5.75 Å². The van der Waals surface area contributed by atoms with Crippen LogP contribution < -0.4 is 4.74 Å². The van der Waals surface area contributed by atoms with E-state index in [1.807, 2.05) is 32.0 Å². The van der Waals surface area contributed by atoms with Gasteiger partial charge in [0, 0.05) is 13.1 Å². The zero-order valence-corrected chi connectivity index (χ0v) is 16.0. The second-order valence-corrected chi connectivity index (χ2v) is 7.66. The van der Waals surface area contributed by atoms with Gasteiger partial charge in [-0.05, 0) is 51.3 Å². The Labute approximate surface area is 154 Å². The number of nitrogens with zero attached hydrogens (tertiary/aromatic N) is 1. The van der Waals surface area contributed by atoms with E-state index in [0.717, 1.165) is 5.56 Å². The first-order valence-corrected chi connectivity index (χ1v) is 9.09. The Morgan fingerprint density at radius 1 is 1.38 bits per heavy atom. The zero-order chi connectivity index (χ0) is 19.5. The molecule has 1 fully saturated rings. The predicted molar refractivity (Wildman–Crippen MR) is 98.1 cm³/mol. The van der Waals surface area contributed by atoms with E-state index in [9.17, 15) is 19.8 Å². The van der Waals surface area contributed by atoms with Gasteiger partial charge in [-0.25, -0.2) is 0 Å².